The van der Waals surface area contributed by atoms with Gasteiger partial charge in [-0.15, -0.1) is 0 Å². The zero-order valence-corrected chi connectivity index (χ0v) is 9.67. The maximum absolute atomic E-state index is 11.9. The molecule has 92 valence electrons. The van der Waals surface area contributed by atoms with Crippen LogP contribution in [0.15, 0.2) is 0 Å². The lowest BCUT2D eigenvalue weighted by molar-refractivity contribution is -0.124. The molecule has 0 bridgehead atoms. The highest BCUT2D eigenvalue weighted by Gasteiger charge is 2.25. The van der Waals surface area contributed by atoms with Crippen LogP contribution < -0.4 is 21.7 Å². The standard InChI is InChI=1S/C11H22N4O/c12-8-1-2-10(14-7-8)11(16)15-9-3-5-13-6-4-9/h8-10,13-14H,1-7,12H2,(H,15,16)/t8-,10+/m1/s1. The highest BCUT2D eigenvalue weighted by atomic mass is 16.2. The van der Waals surface area contributed by atoms with Gasteiger partial charge in [-0.05, 0) is 38.8 Å². The lowest BCUT2D eigenvalue weighted by Gasteiger charge is -2.30. The smallest absolute Gasteiger partial charge is 0.237 e. The second-order valence-corrected chi connectivity index (χ2v) is 4.83. The predicted octanol–water partition coefficient (Wildman–Crippen LogP) is -1.07. The van der Waals surface area contributed by atoms with Crippen LogP contribution >= 0.6 is 0 Å². The summed E-state index contributed by atoms with van der Waals surface area (Å²) in [6.45, 7) is 2.77. The SMILES string of the molecule is N[C@@H]1CC[C@@H](C(=O)NC2CCNCC2)NC1. The first-order chi connectivity index (χ1) is 7.75. The number of rotatable bonds is 2. The number of carbonyl (C=O) groups is 1. The molecule has 2 atom stereocenters. The number of piperidine rings is 2. The summed E-state index contributed by atoms with van der Waals surface area (Å²) >= 11 is 0. The molecular weight excluding hydrogens is 204 g/mol. The summed E-state index contributed by atoms with van der Waals surface area (Å²) in [6, 6.07) is 0.531. The van der Waals surface area contributed by atoms with Gasteiger partial charge in [-0.1, -0.05) is 0 Å². The molecule has 0 aromatic carbocycles. The van der Waals surface area contributed by atoms with E-state index in [2.05, 4.69) is 16.0 Å². The van der Waals surface area contributed by atoms with Crippen molar-refractivity contribution in [2.45, 2.75) is 43.8 Å². The summed E-state index contributed by atoms with van der Waals surface area (Å²) in [5, 5.41) is 9.62. The van der Waals surface area contributed by atoms with Crippen LogP contribution in [0.4, 0.5) is 0 Å². The van der Waals surface area contributed by atoms with Crippen LogP contribution in [0.2, 0.25) is 0 Å². The fourth-order valence-corrected chi connectivity index (χ4v) is 2.37. The lowest BCUT2D eigenvalue weighted by Crippen LogP contribution is -2.55. The Labute approximate surface area is 96.5 Å². The molecule has 0 saturated carbocycles. The summed E-state index contributed by atoms with van der Waals surface area (Å²) in [6.07, 6.45) is 3.88. The molecule has 16 heavy (non-hydrogen) atoms. The number of carbonyl (C=O) groups excluding carboxylic acids is 1. The van der Waals surface area contributed by atoms with E-state index in [1.807, 2.05) is 0 Å². The molecule has 5 nitrogen and oxygen atoms in total. The van der Waals surface area contributed by atoms with Crippen LogP contribution in [0.1, 0.15) is 25.7 Å². The topological polar surface area (TPSA) is 79.2 Å². The van der Waals surface area contributed by atoms with Gasteiger partial charge in [-0.25, -0.2) is 0 Å². The maximum atomic E-state index is 11.9. The molecule has 0 aromatic heterocycles. The monoisotopic (exact) mass is 226 g/mol. The second-order valence-electron chi connectivity index (χ2n) is 4.83. The van der Waals surface area contributed by atoms with E-state index in [9.17, 15) is 4.79 Å². The van der Waals surface area contributed by atoms with Gasteiger partial charge < -0.3 is 21.7 Å². The molecule has 2 aliphatic heterocycles. The van der Waals surface area contributed by atoms with Crippen LogP contribution in [0.5, 0.6) is 0 Å². The van der Waals surface area contributed by atoms with E-state index < -0.39 is 0 Å². The predicted molar refractivity (Wildman–Crippen MR) is 63.0 cm³/mol. The Morgan fingerprint density at radius 2 is 1.94 bits per heavy atom. The average molecular weight is 226 g/mol. The van der Waals surface area contributed by atoms with Crippen molar-refractivity contribution in [2.24, 2.45) is 5.73 Å². The largest absolute Gasteiger partial charge is 0.352 e. The number of nitrogens with two attached hydrogens (primary N) is 1. The molecule has 2 rings (SSSR count). The first-order valence-corrected chi connectivity index (χ1v) is 6.26. The van der Waals surface area contributed by atoms with Gasteiger partial charge in [0.25, 0.3) is 0 Å². The lowest BCUT2D eigenvalue weighted by atomic mass is 9.99. The Morgan fingerprint density at radius 1 is 1.19 bits per heavy atom. The van der Waals surface area contributed by atoms with Crippen molar-refractivity contribution in [3.05, 3.63) is 0 Å². The van der Waals surface area contributed by atoms with Gasteiger partial charge in [0.15, 0.2) is 0 Å². The number of amides is 1. The molecule has 1 amide bonds. The molecule has 2 heterocycles. The van der Waals surface area contributed by atoms with E-state index in [4.69, 9.17) is 5.73 Å². The van der Waals surface area contributed by atoms with Crippen molar-refractivity contribution < 1.29 is 4.79 Å². The van der Waals surface area contributed by atoms with E-state index in [0.29, 0.717) is 6.04 Å². The molecule has 2 aliphatic rings. The van der Waals surface area contributed by atoms with E-state index in [1.54, 1.807) is 0 Å². The number of hydrogen-bond acceptors (Lipinski definition) is 4. The molecule has 5 N–H and O–H groups in total. The van der Waals surface area contributed by atoms with Crippen LogP contribution in [-0.4, -0.2) is 43.7 Å². The highest BCUT2D eigenvalue weighted by molar-refractivity contribution is 5.82. The van der Waals surface area contributed by atoms with Gasteiger partial charge in [-0.3, -0.25) is 4.79 Å². The van der Waals surface area contributed by atoms with Crippen molar-refractivity contribution >= 4 is 5.91 Å². The van der Waals surface area contributed by atoms with Crippen LogP contribution in [0.3, 0.4) is 0 Å². The average Bonchev–Trinajstić information content (AvgIpc) is 2.31. The molecular formula is C11H22N4O. The third-order valence-electron chi connectivity index (χ3n) is 3.45. The summed E-state index contributed by atoms with van der Waals surface area (Å²) in [5.74, 6) is 0.152. The molecule has 0 unspecified atom stereocenters. The third-order valence-corrected chi connectivity index (χ3v) is 3.45. The van der Waals surface area contributed by atoms with E-state index in [-0.39, 0.29) is 18.0 Å². The Balaban J connectivity index is 1.74. The van der Waals surface area contributed by atoms with Crippen molar-refractivity contribution in [3.8, 4) is 0 Å². The van der Waals surface area contributed by atoms with Gasteiger partial charge in [0.05, 0.1) is 6.04 Å². The fraction of sp³-hybridized carbons (Fsp3) is 0.909. The number of hydrogen-bond donors (Lipinski definition) is 4. The minimum atomic E-state index is -0.0327. The maximum Gasteiger partial charge on any atom is 0.237 e. The molecule has 0 spiro atoms. The first kappa shape index (κ1) is 11.8. The summed E-state index contributed by atoms with van der Waals surface area (Å²) in [5.41, 5.74) is 5.78. The molecule has 2 fully saturated rings. The zero-order chi connectivity index (χ0) is 11.4. The summed E-state index contributed by atoms with van der Waals surface area (Å²) < 4.78 is 0. The molecule has 0 aliphatic carbocycles. The minimum Gasteiger partial charge on any atom is -0.352 e. The zero-order valence-electron chi connectivity index (χ0n) is 9.67. The van der Waals surface area contributed by atoms with Crippen molar-refractivity contribution in [1.82, 2.24) is 16.0 Å². The highest BCUT2D eigenvalue weighted by Crippen LogP contribution is 2.08. The first-order valence-electron chi connectivity index (χ1n) is 6.26. The van der Waals surface area contributed by atoms with Crippen molar-refractivity contribution in [3.63, 3.8) is 0 Å². The van der Waals surface area contributed by atoms with Crippen molar-refractivity contribution in [2.75, 3.05) is 19.6 Å². The normalized spacial score (nSPS) is 32.3. The Kier molecular flexibility index (Phi) is 4.15. The van der Waals surface area contributed by atoms with Crippen LogP contribution in [0.25, 0.3) is 0 Å². The van der Waals surface area contributed by atoms with Gasteiger partial charge >= 0.3 is 0 Å². The van der Waals surface area contributed by atoms with Crippen LogP contribution in [0, 0.1) is 0 Å². The second kappa shape index (κ2) is 5.61. The Hall–Kier alpha value is -0.650. The fourth-order valence-electron chi connectivity index (χ4n) is 2.37. The van der Waals surface area contributed by atoms with Gasteiger partial charge in [-0.2, -0.15) is 0 Å². The van der Waals surface area contributed by atoms with E-state index in [1.165, 1.54) is 0 Å². The Morgan fingerprint density at radius 3 is 2.56 bits per heavy atom. The van der Waals surface area contributed by atoms with E-state index >= 15 is 0 Å². The minimum absolute atomic E-state index is 0.0327. The third kappa shape index (κ3) is 3.17. The quantitative estimate of drug-likeness (QED) is 0.484. The van der Waals surface area contributed by atoms with Gasteiger partial charge in [0.1, 0.15) is 0 Å². The number of nitrogens with one attached hydrogen (secondary N) is 3. The van der Waals surface area contributed by atoms with Gasteiger partial charge in [0.2, 0.25) is 5.91 Å². The summed E-state index contributed by atoms with van der Waals surface area (Å²) in [4.78, 5) is 11.9. The van der Waals surface area contributed by atoms with Crippen LogP contribution in [-0.2, 0) is 4.79 Å². The van der Waals surface area contributed by atoms with Crippen molar-refractivity contribution in [1.29, 1.82) is 0 Å². The van der Waals surface area contributed by atoms with Gasteiger partial charge in [0, 0.05) is 18.6 Å². The molecule has 5 heteroatoms. The molecule has 2 saturated heterocycles. The molecule has 0 aromatic rings. The molecule has 0 radical (unpaired) electrons. The summed E-state index contributed by atoms with van der Waals surface area (Å²) in [7, 11) is 0. The Bertz CT molecular complexity index is 232. The van der Waals surface area contributed by atoms with E-state index in [0.717, 1.165) is 45.3 Å².